The highest BCUT2D eigenvalue weighted by Crippen LogP contribution is 2.12. The van der Waals surface area contributed by atoms with Crippen LogP contribution in [0, 0.1) is 0 Å². The molecule has 0 spiro atoms. The summed E-state index contributed by atoms with van der Waals surface area (Å²) >= 11 is 1.72. The van der Waals surface area contributed by atoms with Crippen molar-refractivity contribution in [3.8, 4) is 0 Å². The zero-order valence-corrected chi connectivity index (χ0v) is 13.6. The van der Waals surface area contributed by atoms with Gasteiger partial charge in [0.1, 0.15) is 0 Å². The largest absolute Gasteiger partial charge is 0.341 e. The highest BCUT2D eigenvalue weighted by molar-refractivity contribution is 7.09. The smallest absolute Gasteiger partial charge is 0.253 e. The standard InChI is InChI=1S/C16H17N5OS/c1-21(9-8-14-3-2-10-23-14)16(22)13-6-4-12(5-7-13)11-15-17-19-20-18-15/h2-7,10H,8-9,11H2,1H3,(H,17,18,19,20). The van der Waals surface area contributed by atoms with Crippen LogP contribution in [-0.4, -0.2) is 45.0 Å². The van der Waals surface area contributed by atoms with Crippen LogP contribution in [-0.2, 0) is 12.8 Å². The second-order valence-electron chi connectivity index (χ2n) is 5.26. The first-order valence-electron chi connectivity index (χ1n) is 7.31. The van der Waals surface area contributed by atoms with Crippen LogP contribution < -0.4 is 0 Å². The first kappa shape index (κ1) is 15.4. The van der Waals surface area contributed by atoms with Crippen LogP contribution in [0.2, 0.25) is 0 Å². The number of nitrogens with one attached hydrogen (secondary N) is 1. The Balaban J connectivity index is 1.58. The fraction of sp³-hybridized carbons (Fsp3) is 0.250. The maximum atomic E-state index is 12.4. The molecular weight excluding hydrogens is 310 g/mol. The van der Waals surface area contributed by atoms with E-state index in [1.807, 2.05) is 37.4 Å². The summed E-state index contributed by atoms with van der Waals surface area (Å²) in [6, 6.07) is 11.7. The van der Waals surface area contributed by atoms with Crippen molar-refractivity contribution in [3.05, 3.63) is 63.6 Å². The Morgan fingerprint density at radius 3 is 2.74 bits per heavy atom. The molecule has 2 aromatic heterocycles. The number of H-pyrrole nitrogens is 1. The quantitative estimate of drug-likeness (QED) is 0.753. The van der Waals surface area contributed by atoms with Gasteiger partial charge in [0.05, 0.1) is 0 Å². The normalized spacial score (nSPS) is 10.7. The number of amides is 1. The van der Waals surface area contributed by atoms with E-state index < -0.39 is 0 Å². The molecule has 3 aromatic rings. The van der Waals surface area contributed by atoms with E-state index in [1.165, 1.54) is 4.88 Å². The van der Waals surface area contributed by atoms with Crippen molar-refractivity contribution >= 4 is 17.2 Å². The lowest BCUT2D eigenvalue weighted by atomic mass is 10.1. The van der Waals surface area contributed by atoms with Crippen molar-refractivity contribution in [2.75, 3.05) is 13.6 Å². The first-order chi connectivity index (χ1) is 11.2. The minimum absolute atomic E-state index is 0.0349. The maximum Gasteiger partial charge on any atom is 0.253 e. The Labute approximate surface area is 138 Å². The zero-order chi connectivity index (χ0) is 16.1. The number of hydrogen-bond donors (Lipinski definition) is 1. The predicted octanol–water partition coefficient (Wildman–Crippen LogP) is 2.17. The molecule has 2 heterocycles. The van der Waals surface area contributed by atoms with Crippen LogP contribution in [0.5, 0.6) is 0 Å². The van der Waals surface area contributed by atoms with Gasteiger partial charge in [-0.05, 0) is 35.6 Å². The fourth-order valence-electron chi connectivity index (χ4n) is 2.26. The Morgan fingerprint density at radius 1 is 1.26 bits per heavy atom. The van der Waals surface area contributed by atoms with Crippen molar-refractivity contribution in [1.29, 1.82) is 0 Å². The minimum atomic E-state index is 0.0349. The van der Waals surface area contributed by atoms with Gasteiger partial charge in [-0.2, -0.15) is 5.21 Å². The second kappa shape index (κ2) is 7.15. The molecule has 0 aliphatic carbocycles. The summed E-state index contributed by atoms with van der Waals surface area (Å²) in [5.74, 6) is 0.671. The maximum absolute atomic E-state index is 12.4. The summed E-state index contributed by atoms with van der Waals surface area (Å²) < 4.78 is 0. The molecule has 3 rings (SSSR count). The van der Waals surface area contributed by atoms with E-state index in [9.17, 15) is 4.79 Å². The Hall–Kier alpha value is -2.54. The van der Waals surface area contributed by atoms with Gasteiger partial charge < -0.3 is 4.90 Å². The number of likely N-dealkylation sites (N-methyl/N-ethyl adjacent to an activating group) is 1. The second-order valence-corrected chi connectivity index (χ2v) is 6.29. The van der Waals surface area contributed by atoms with Crippen LogP contribution in [0.3, 0.4) is 0 Å². The summed E-state index contributed by atoms with van der Waals surface area (Å²) in [6.07, 6.45) is 1.48. The molecule has 118 valence electrons. The van der Waals surface area contributed by atoms with Crippen molar-refractivity contribution in [2.45, 2.75) is 12.8 Å². The van der Waals surface area contributed by atoms with E-state index in [2.05, 4.69) is 32.1 Å². The number of carbonyl (C=O) groups excluding carboxylic acids is 1. The molecule has 0 aliphatic rings. The molecule has 1 N–H and O–H groups in total. The monoisotopic (exact) mass is 327 g/mol. The molecule has 0 saturated carbocycles. The number of hydrogen-bond acceptors (Lipinski definition) is 5. The first-order valence-corrected chi connectivity index (χ1v) is 8.19. The van der Waals surface area contributed by atoms with Crippen LogP contribution in [0.15, 0.2) is 41.8 Å². The highest BCUT2D eigenvalue weighted by atomic mass is 32.1. The van der Waals surface area contributed by atoms with E-state index in [0.717, 1.165) is 12.0 Å². The summed E-state index contributed by atoms with van der Waals surface area (Å²) in [5, 5.41) is 15.9. The number of thiophene rings is 1. The van der Waals surface area contributed by atoms with E-state index in [1.54, 1.807) is 16.2 Å². The number of nitrogens with zero attached hydrogens (tertiary/aromatic N) is 4. The topological polar surface area (TPSA) is 74.8 Å². The zero-order valence-electron chi connectivity index (χ0n) is 12.8. The average Bonchev–Trinajstić information content (AvgIpc) is 3.26. The lowest BCUT2D eigenvalue weighted by Gasteiger charge is -2.17. The number of aromatic amines is 1. The molecule has 0 aliphatic heterocycles. The highest BCUT2D eigenvalue weighted by Gasteiger charge is 2.12. The number of rotatable bonds is 6. The molecule has 7 heteroatoms. The average molecular weight is 327 g/mol. The van der Waals surface area contributed by atoms with E-state index in [4.69, 9.17) is 0 Å². The summed E-state index contributed by atoms with van der Waals surface area (Å²) in [4.78, 5) is 15.5. The molecule has 0 saturated heterocycles. The van der Waals surface area contributed by atoms with Crippen LogP contribution in [0.4, 0.5) is 0 Å². The molecule has 0 radical (unpaired) electrons. The van der Waals surface area contributed by atoms with Gasteiger partial charge in [0.2, 0.25) is 0 Å². The van der Waals surface area contributed by atoms with Crippen molar-refractivity contribution in [2.24, 2.45) is 0 Å². The van der Waals surface area contributed by atoms with Crippen LogP contribution >= 0.6 is 11.3 Å². The Morgan fingerprint density at radius 2 is 2.09 bits per heavy atom. The molecule has 0 fully saturated rings. The van der Waals surface area contributed by atoms with E-state index in [-0.39, 0.29) is 5.91 Å². The third-order valence-electron chi connectivity index (χ3n) is 3.57. The van der Waals surface area contributed by atoms with Gasteiger partial charge in [-0.3, -0.25) is 4.79 Å². The third-order valence-corrected chi connectivity index (χ3v) is 4.51. The van der Waals surface area contributed by atoms with Gasteiger partial charge in [0.15, 0.2) is 5.82 Å². The van der Waals surface area contributed by atoms with Gasteiger partial charge in [-0.25, -0.2) is 0 Å². The van der Waals surface area contributed by atoms with Crippen LogP contribution in [0.1, 0.15) is 26.6 Å². The number of tetrazole rings is 1. The Bertz CT molecular complexity index is 737. The van der Waals surface area contributed by atoms with Gasteiger partial charge >= 0.3 is 0 Å². The SMILES string of the molecule is CN(CCc1cccs1)C(=O)c1ccc(Cc2nn[nH]n2)cc1. The molecule has 0 atom stereocenters. The number of benzene rings is 1. The van der Waals surface area contributed by atoms with Crippen molar-refractivity contribution in [1.82, 2.24) is 25.5 Å². The van der Waals surface area contributed by atoms with Crippen molar-refractivity contribution < 1.29 is 4.79 Å². The Kier molecular flexibility index (Phi) is 4.77. The number of aromatic nitrogens is 4. The van der Waals surface area contributed by atoms with E-state index in [0.29, 0.717) is 24.4 Å². The fourth-order valence-corrected chi connectivity index (χ4v) is 2.96. The lowest BCUT2D eigenvalue weighted by Crippen LogP contribution is -2.28. The van der Waals surface area contributed by atoms with Gasteiger partial charge in [-0.15, -0.1) is 21.5 Å². The molecule has 0 unspecified atom stereocenters. The molecule has 0 bridgehead atoms. The summed E-state index contributed by atoms with van der Waals surface area (Å²) in [5.41, 5.74) is 1.74. The predicted molar refractivity (Wildman–Crippen MR) is 88.4 cm³/mol. The van der Waals surface area contributed by atoms with E-state index >= 15 is 0 Å². The number of carbonyl (C=O) groups is 1. The van der Waals surface area contributed by atoms with Gasteiger partial charge in [0, 0.05) is 30.5 Å². The summed E-state index contributed by atoms with van der Waals surface area (Å²) in [7, 11) is 1.84. The minimum Gasteiger partial charge on any atom is -0.341 e. The van der Waals surface area contributed by atoms with Gasteiger partial charge in [-0.1, -0.05) is 23.4 Å². The van der Waals surface area contributed by atoms with Crippen molar-refractivity contribution in [3.63, 3.8) is 0 Å². The molecule has 1 aromatic carbocycles. The molecular formula is C16H17N5OS. The summed E-state index contributed by atoms with van der Waals surface area (Å²) in [6.45, 7) is 0.712. The molecule has 23 heavy (non-hydrogen) atoms. The molecule has 6 nitrogen and oxygen atoms in total. The van der Waals surface area contributed by atoms with Gasteiger partial charge in [0.25, 0.3) is 5.91 Å². The molecule has 1 amide bonds. The lowest BCUT2D eigenvalue weighted by molar-refractivity contribution is 0.0797. The third kappa shape index (κ3) is 4.01. The van der Waals surface area contributed by atoms with Crippen LogP contribution in [0.25, 0.3) is 0 Å².